The second-order valence-corrected chi connectivity index (χ2v) is 9.18. The summed E-state index contributed by atoms with van der Waals surface area (Å²) in [7, 11) is -4.15. The topological polar surface area (TPSA) is 75.3 Å². The van der Waals surface area contributed by atoms with Crippen LogP contribution < -0.4 is 10.0 Å². The Hall–Kier alpha value is -2.75. The summed E-state index contributed by atoms with van der Waals surface area (Å²) in [5.41, 5.74) is -0.557. The Morgan fingerprint density at radius 2 is 1.66 bits per heavy atom. The molecule has 32 heavy (non-hydrogen) atoms. The molecule has 0 atom stereocenters. The molecule has 11 heteroatoms. The molecule has 0 aromatic heterocycles. The van der Waals surface area contributed by atoms with E-state index in [0.717, 1.165) is 24.3 Å². The molecular weight excluding hydrogens is 488 g/mol. The van der Waals surface area contributed by atoms with Gasteiger partial charge in [-0.2, -0.15) is 13.2 Å². The molecule has 0 saturated heterocycles. The van der Waals surface area contributed by atoms with Gasteiger partial charge in [0.2, 0.25) is 0 Å². The number of sulfonamides is 1. The van der Waals surface area contributed by atoms with Gasteiger partial charge in [0.1, 0.15) is 0 Å². The predicted octanol–water partition coefficient (Wildman–Crippen LogP) is 6.37. The molecule has 0 fully saturated rings. The number of hydrogen-bond donors (Lipinski definition) is 2. The fourth-order valence-corrected chi connectivity index (χ4v) is 4.27. The predicted molar refractivity (Wildman–Crippen MR) is 118 cm³/mol. The molecule has 0 spiro atoms. The SMILES string of the molecule is Cc1ccc(S(=O)(=O)Nc2cccc(Cl)c2Cl)cc1C(=O)Nc1cccc(C(F)(F)F)c1. The van der Waals surface area contributed by atoms with Gasteiger partial charge >= 0.3 is 6.18 Å². The Kier molecular flexibility index (Phi) is 6.73. The number of aryl methyl sites for hydroxylation is 1. The van der Waals surface area contributed by atoms with E-state index in [2.05, 4.69) is 10.0 Å². The number of carbonyl (C=O) groups excluding carboxylic acids is 1. The highest BCUT2D eigenvalue weighted by Gasteiger charge is 2.30. The largest absolute Gasteiger partial charge is 0.416 e. The van der Waals surface area contributed by atoms with Gasteiger partial charge in [-0.3, -0.25) is 9.52 Å². The lowest BCUT2D eigenvalue weighted by molar-refractivity contribution is -0.137. The van der Waals surface area contributed by atoms with E-state index in [-0.39, 0.29) is 31.9 Å². The van der Waals surface area contributed by atoms with Gasteiger partial charge in [0, 0.05) is 11.3 Å². The van der Waals surface area contributed by atoms with Crippen molar-refractivity contribution in [1.29, 1.82) is 0 Å². The summed E-state index contributed by atoms with van der Waals surface area (Å²) < 4.78 is 66.6. The number of alkyl halides is 3. The molecule has 0 radical (unpaired) electrons. The van der Waals surface area contributed by atoms with Gasteiger partial charge in [0.15, 0.2) is 0 Å². The molecule has 2 N–H and O–H groups in total. The third-order valence-corrected chi connectivity index (χ3v) is 6.59. The van der Waals surface area contributed by atoms with Crippen molar-refractivity contribution in [2.45, 2.75) is 18.0 Å². The molecule has 1 amide bonds. The van der Waals surface area contributed by atoms with Gasteiger partial charge in [-0.15, -0.1) is 0 Å². The van der Waals surface area contributed by atoms with Crippen molar-refractivity contribution in [2.24, 2.45) is 0 Å². The summed E-state index contributed by atoms with van der Waals surface area (Å²) in [5, 5.41) is 2.52. The molecule has 0 bridgehead atoms. The van der Waals surface area contributed by atoms with E-state index in [1.165, 1.54) is 36.4 Å². The van der Waals surface area contributed by atoms with E-state index in [1.54, 1.807) is 6.92 Å². The Morgan fingerprint density at radius 3 is 2.34 bits per heavy atom. The van der Waals surface area contributed by atoms with Crippen LogP contribution in [0.5, 0.6) is 0 Å². The van der Waals surface area contributed by atoms with Crippen molar-refractivity contribution in [1.82, 2.24) is 0 Å². The third-order valence-electron chi connectivity index (χ3n) is 4.41. The summed E-state index contributed by atoms with van der Waals surface area (Å²) in [6.07, 6.45) is -4.57. The van der Waals surface area contributed by atoms with Crippen LogP contribution in [0, 0.1) is 6.92 Å². The van der Waals surface area contributed by atoms with Crippen molar-refractivity contribution >= 4 is 50.5 Å². The number of amides is 1. The lowest BCUT2D eigenvalue weighted by atomic mass is 10.1. The molecule has 0 unspecified atom stereocenters. The Bertz CT molecular complexity index is 1300. The number of rotatable bonds is 5. The zero-order valence-electron chi connectivity index (χ0n) is 16.3. The molecule has 0 aliphatic heterocycles. The van der Waals surface area contributed by atoms with Gasteiger partial charge < -0.3 is 5.32 Å². The molecule has 0 aliphatic carbocycles. The highest BCUT2D eigenvalue weighted by atomic mass is 35.5. The van der Waals surface area contributed by atoms with E-state index >= 15 is 0 Å². The molecular formula is C21H15Cl2F3N2O3S. The molecule has 3 aromatic carbocycles. The van der Waals surface area contributed by atoms with Crippen LogP contribution in [0.4, 0.5) is 24.5 Å². The minimum Gasteiger partial charge on any atom is -0.322 e. The van der Waals surface area contributed by atoms with Crippen molar-refractivity contribution < 1.29 is 26.4 Å². The zero-order chi connectivity index (χ0) is 23.7. The Balaban J connectivity index is 1.90. The van der Waals surface area contributed by atoms with Gasteiger partial charge in [-0.25, -0.2) is 8.42 Å². The van der Waals surface area contributed by atoms with Crippen molar-refractivity contribution in [3.8, 4) is 0 Å². The van der Waals surface area contributed by atoms with Gasteiger partial charge in [0.05, 0.1) is 26.2 Å². The molecule has 0 saturated carbocycles. The lowest BCUT2D eigenvalue weighted by Crippen LogP contribution is -2.17. The highest BCUT2D eigenvalue weighted by molar-refractivity contribution is 7.92. The maximum absolute atomic E-state index is 12.9. The molecule has 168 valence electrons. The first-order valence-corrected chi connectivity index (χ1v) is 11.2. The van der Waals surface area contributed by atoms with E-state index in [1.807, 2.05) is 0 Å². The minimum absolute atomic E-state index is 0.00682. The zero-order valence-corrected chi connectivity index (χ0v) is 18.6. The maximum Gasteiger partial charge on any atom is 0.416 e. The van der Waals surface area contributed by atoms with Crippen molar-refractivity contribution in [3.63, 3.8) is 0 Å². The highest BCUT2D eigenvalue weighted by Crippen LogP contribution is 2.32. The number of nitrogens with one attached hydrogen (secondary N) is 2. The fraction of sp³-hybridized carbons (Fsp3) is 0.0952. The average Bonchev–Trinajstić information content (AvgIpc) is 2.71. The quantitative estimate of drug-likeness (QED) is 0.425. The number of carbonyl (C=O) groups is 1. The van der Waals surface area contributed by atoms with E-state index in [9.17, 15) is 26.4 Å². The molecule has 0 heterocycles. The summed E-state index contributed by atoms with van der Waals surface area (Å²) in [6, 6.07) is 12.4. The summed E-state index contributed by atoms with van der Waals surface area (Å²) in [5.74, 6) is -0.764. The van der Waals surface area contributed by atoms with Crippen molar-refractivity contribution in [2.75, 3.05) is 10.0 Å². The van der Waals surface area contributed by atoms with Gasteiger partial charge in [-0.05, 0) is 55.0 Å². The second-order valence-electron chi connectivity index (χ2n) is 6.72. The number of anilines is 2. The monoisotopic (exact) mass is 502 g/mol. The van der Waals surface area contributed by atoms with Crippen LogP contribution in [0.25, 0.3) is 0 Å². The van der Waals surface area contributed by atoms with Crippen LogP contribution in [0.3, 0.4) is 0 Å². The molecule has 3 rings (SSSR count). The second kappa shape index (κ2) is 9.01. The third kappa shape index (κ3) is 5.35. The standard InChI is InChI=1S/C21H15Cl2F3N2O3S/c1-12-8-9-15(32(30,31)28-18-7-3-6-17(22)19(18)23)11-16(12)20(29)27-14-5-2-4-13(10-14)21(24,25)26/h2-11,28H,1H3,(H,27,29). The van der Waals surface area contributed by atoms with Crippen LogP contribution in [0.15, 0.2) is 65.6 Å². The smallest absolute Gasteiger partial charge is 0.322 e. The molecule has 5 nitrogen and oxygen atoms in total. The summed E-state index contributed by atoms with van der Waals surface area (Å²) in [4.78, 5) is 12.4. The first kappa shape index (κ1) is 23.9. The summed E-state index contributed by atoms with van der Waals surface area (Å²) in [6.45, 7) is 1.57. The fourth-order valence-electron chi connectivity index (χ4n) is 2.77. The van der Waals surface area contributed by atoms with Crippen LogP contribution in [-0.2, 0) is 16.2 Å². The van der Waals surface area contributed by atoms with E-state index in [0.29, 0.717) is 5.56 Å². The van der Waals surface area contributed by atoms with Crippen LogP contribution in [0.2, 0.25) is 10.0 Å². The van der Waals surface area contributed by atoms with Gasteiger partial charge in [0.25, 0.3) is 15.9 Å². The first-order valence-electron chi connectivity index (χ1n) is 8.94. The lowest BCUT2D eigenvalue weighted by Gasteiger charge is -2.13. The number of benzene rings is 3. The number of hydrogen-bond acceptors (Lipinski definition) is 3. The Labute approximate surface area is 192 Å². The van der Waals surface area contributed by atoms with E-state index < -0.39 is 27.7 Å². The van der Waals surface area contributed by atoms with E-state index in [4.69, 9.17) is 23.2 Å². The normalized spacial score (nSPS) is 11.8. The average molecular weight is 503 g/mol. The van der Waals surface area contributed by atoms with Gasteiger partial charge in [-0.1, -0.05) is 41.4 Å². The summed E-state index contributed by atoms with van der Waals surface area (Å²) >= 11 is 11.9. The van der Waals surface area contributed by atoms with Crippen LogP contribution in [0.1, 0.15) is 21.5 Å². The number of halogens is 5. The van der Waals surface area contributed by atoms with Crippen LogP contribution in [-0.4, -0.2) is 14.3 Å². The first-order chi connectivity index (χ1) is 14.9. The molecule has 3 aromatic rings. The minimum atomic E-state index is -4.57. The van der Waals surface area contributed by atoms with Crippen LogP contribution >= 0.6 is 23.2 Å². The maximum atomic E-state index is 12.9. The Morgan fingerprint density at radius 1 is 0.969 bits per heavy atom. The molecule has 0 aliphatic rings. The van der Waals surface area contributed by atoms with Crippen molar-refractivity contribution in [3.05, 3.63) is 87.4 Å².